The second-order valence-electron chi connectivity index (χ2n) is 5.15. The molecular weight excluding hydrogens is 330 g/mol. The smallest absolute Gasteiger partial charge is 0.250 e. The van der Waals surface area contributed by atoms with E-state index < -0.39 is 11.6 Å². The van der Waals surface area contributed by atoms with Crippen molar-refractivity contribution in [2.75, 3.05) is 0 Å². The van der Waals surface area contributed by atoms with Gasteiger partial charge in [0.25, 0.3) is 5.89 Å². The zero-order chi connectivity index (χ0) is 17.2. The molecule has 2 aromatic carbocycles. The van der Waals surface area contributed by atoms with Crippen molar-refractivity contribution in [3.63, 3.8) is 0 Å². The lowest BCUT2D eigenvalue weighted by Gasteiger charge is -1.96. The van der Waals surface area contributed by atoms with Crippen molar-refractivity contribution < 1.29 is 13.3 Å². The third-order valence-corrected chi connectivity index (χ3v) is 3.40. The Morgan fingerprint density at radius 2 is 1.84 bits per heavy atom. The molecule has 9 heteroatoms. The molecule has 0 atom stereocenters. The quantitative estimate of drug-likeness (QED) is 0.568. The fourth-order valence-corrected chi connectivity index (χ4v) is 2.23. The summed E-state index contributed by atoms with van der Waals surface area (Å²) in [5.74, 6) is -0.778. The number of nitrogens with zero attached hydrogens (tertiary/aromatic N) is 6. The molecule has 7 nitrogen and oxygen atoms in total. The Bertz CT molecular complexity index is 1010. The Balaban J connectivity index is 1.55. The van der Waals surface area contributed by atoms with Crippen LogP contribution in [0.2, 0.25) is 0 Å². The minimum atomic E-state index is -0.766. The van der Waals surface area contributed by atoms with Crippen LogP contribution in [0.15, 0.2) is 53.1 Å². The van der Waals surface area contributed by atoms with E-state index in [0.29, 0.717) is 5.82 Å². The number of hydrogen-bond acceptors (Lipinski definition) is 6. The molecule has 0 unspecified atom stereocenters. The molecule has 0 bridgehead atoms. The van der Waals surface area contributed by atoms with Gasteiger partial charge in [0.2, 0.25) is 11.6 Å². The Morgan fingerprint density at radius 3 is 2.64 bits per heavy atom. The van der Waals surface area contributed by atoms with E-state index in [1.165, 1.54) is 10.9 Å². The molecule has 0 radical (unpaired) electrons. The highest BCUT2D eigenvalue weighted by atomic mass is 19.1. The predicted octanol–water partition coefficient (Wildman–Crippen LogP) is 2.72. The van der Waals surface area contributed by atoms with Gasteiger partial charge in [0.15, 0.2) is 0 Å². The third kappa shape index (κ3) is 3.11. The van der Waals surface area contributed by atoms with Gasteiger partial charge in [-0.2, -0.15) is 9.78 Å². The number of tetrazole rings is 1. The van der Waals surface area contributed by atoms with Crippen LogP contribution in [0.5, 0.6) is 0 Å². The maximum absolute atomic E-state index is 13.8. The first-order valence-corrected chi connectivity index (χ1v) is 7.30. The maximum atomic E-state index is 13.8. The Labute approximate surface area is 139 Å². The zero-order valence-electron chi connectivity index (χ0n) is 12.7. The summed E-state index contributed by atoms with van der Waals surface area (Å²) in [4.78, 5) is 5.37. The summed E-state index contributed by atoms with van der Waals surface area (Å²) in [6.45, 7) is 0.0790. The monoisotopic (exact) mass is 340 g/mol. The largest absolute Gasteiger partial charge is 0.337 e. The van der Waals surface area contributed by atoms with Crippen LogP contribution in [0.25, 0.3) is 22.8 Å². The summed E-state index contributed by atoms with van der Waals surface area (Å²) in [5, 5.41) is 15.8. The Kier molecular flexibility index (Phi) is 3.73. The van der Waals surface area contributed by atoms with Gasteiger partial charge in [-0.15, -0.1) is 10.2 Å². The maximum Gasteiger partial charge on any atom is 0.250 e. The fraction of sp³-hybridized carbons (Fsp3) is 0.0625. The number of hydrogen-bond donors (Lipinski definition) is 0. The molecule has 0 N–H and O–H groups in total. The predicted molar refractivity (Wildman–Crippen MR) is 82.0 cm³/mol. The zero-order valence-corrected chi connectivity index (χ0v) is 12.7. The molecule has 4 rings (SSSR count). The van der Waals surface area contributed by atoms with Crippen LogP contribution in [-0.4, -0.2) is 30.3 Å². The highest BCUT2D eigenvalue weighted by molar-refractivity contribution is 5.55. The average molecular weight is 340 g/mol. The van der Waals surface area contributed by atoms with Crippen LogP contribution >= 0.6 is 0 Å². The van der Waals surface area contributed by atoms with Crippen molar-refractivity contribution >= 4 is 0 Å². The molecule has 0 amide bonds. The lowest BCUT2D eigenvalue weighted by atomic mass is 10.2. The number of rotatable bonds is 4. The van der Waals surface area contributed by atoms with Gasteiger partial charge in [-0.05, 0) is 17.3 Å². The molecule has 25 heavy (non-hydrogen) atoms. The molecule has 0 saturated heterocycles. The highest BCUT2D eigenvalue weighted by Gasteiger charge is 2.15. The first-order valence-electron chi connectivity index (χ1n) is 7.30. The molecule has 0 aliphatic heterocycles. The Hall–Kier alpha value is -3.49. The average Bonchev–Trinajstić information content (AvgIpc) is 3.26. The summed E-state index contributed by atoms with van der Waals surface area (Å²) >= 11 is 0. The number of benzene rings is 2. The van der Waals surface area contributed by atoms with Gasteiger partial charge in [-0.25, -0.2) is 8.78 Å². The van der Waals surface area contributed by atoms with E-state index in [1.54, 1.807) is 0 Å². The molecule has 0 fully saturated rings. The fourth-order valence-electron chi connectivity index (χ4n) is 2.23. The van der Waals surface area contributed by atoms with E-state index in [-0.39, 0.29) is 23.8 Å². The van der Waals surface area contributed by atoms with Gasteiger partial charge >= 0.3 is 0 Å². The third-order valence-electron chi connectivity index (χ3n) is 3.40. The molecular formula is C16H10F2N6O. The molecule has 0 saturated carbocycles. The van der Waals surface area contributed by atoms with E-state index in [0.717, 1.165) is 17.7 Å². The van der Waals surface area contributed by atoms with E-state index in [4.69, 9.17) is 4.52 Å². The lowest BCUT2D eigenvalue weighted by Crippen LogP contribution is -2.04. The van der Waals surface area contributed by atoms with Crippen LogP contribution in [-0.2, 0) is 6.54 Å². The normalized spacial score (nSPS) is 11.0. The molecule has 2 heterocycles. The highest BCUT2D eigenvalue weighted by Crippen LogP contribution is 2.20. The Morgan fingerprint density at radius 1 is 1.00 bits per heavy atom. The topological polar surface area (TPSA) is 82.5 Å². The van der Waals surface area contributed by atoms with Crippen molar-refractivity contribution in [3.8, 4) is 22.8 Å². The SMILES string of the molecule is Fc1ccc(-c2noc(Cn3nnc(-c4ccccc4)n3)n2)c(F)c1. The summed E-state index contributed by atoms with van der Waals surface area (Å²) in [6, 6.07) is 12.5. The van der Waals surface area contributed by atoms with Crippen LogP contribution < -0.4 is 0 Å². The van der Waals surface area contributed by atoms with Gasteiger partial charge in [0, 0.05) is 11.6 Å². The van der Waals surface area contributed by atoms with Crippen LogP contribution in [0, 0.1) is 11.6 Å². The second kappa shape index (κ2) is 6.19. The minimum absolute atomic E-state index is 0.0240. The van der Waals surface area contributed by atoms with Crippen molar-refractivity contribution in [3.05, 3.63) is 66.1 Å². The summed E-state index contributed by atoms with van der Waals surface area (Å²) in [6.07, 6.45) is 0. The van der Waals surface area contributed by atoms with E-state index >= 15 is 0 Å². The van der Waals surface area contributed by atoms with E-state index in [2.05, 4.69) is 25.6 Å². The first-order chi connectivity index (χ1) is 12.2. The second-order valence-corrected chi connectivity index (χ2v) is 5.15. The molecule has 0 aliphatic carbocycles. The standard InChI is InChI=1S/C16H10F2N6O/c17-11-6-7-12(13(18)8-11)16-19-14(25-22-16)9-24-21-15(20-23-24)10-4-2-1-3-5-10/h1-8H,9H2. The minimum Gasteiger partial charge on any atom is -0.337 e. The van der Waals surface area contributed by atoms with Crippen molar-refractivity contribution in [2.24, 2.45) is 0 Å². The van der Waals surface area contributed by atoms with Gasteiger partial charge in [-0.3, -0.25) is 0 Å². The molecule has 0 spiro atoms. The van der Waals surface area contributed by atoms with Gasteiger partial charge in [0.1, 0.15) is 18.2 Å². The van der Waals surface area contributed by atoms with Crippen LogP contribution in [0.3, 0.4) is 0 Å². The summed E-state index contributed by atoms with van der Waals surface area (Å²) in [7, 11) is 0. The molecule has 4 aromatic rings. The summed E-state index contributed by atoms with van der Waals surface area (Å²) < 4.78 is 31.8. The van der Waals surface area contributed by atoms with Crippen molar-refractivity contribution in [2.45, 2.75) is 6.54 Å². The first kappa shape index (κ1) is 15.1. The number of aromatic nitrogens is 6. The molecule has 124 valence electrons. The van der Waals surface area contributed by atoms with Gasteiger partial charge in [0.05, 0.1) is 5.56 Å². The van der Waals surface area contributed by atoms with Gasteiger partial charge < -0.3 is 4.52 Å². The molecule has 0 aliphatic rings. The van der Waals surface area contributed by atoms with Gasteiger partial charge in [-0.1, -0.05) is 35.5 Å². The van der Waals surface area contributed by atoms with Crippen LogP contribution in [0.4, 0.5) is 8.78 Å². The number of halogens is 2. The summed E-state index contributed by atoms with van der Waals surface area (Å²) in [5.41, 5.74) is 0.876. The molecule has 2 aromatic heterocycles. The van der Waals surface area contributed by atoms with E-state index in [9.17, 15) is 8.78 Å². The van der Waals surface area contributed by atoms with Crippen molar-refractivity contribution in [1.29, 1.82) is 0 Å². The van der Waals surface area contributed by atoms with Crippen molar-refractivity contribution in [1.82, 2.24) is 30.3 Å². The lowest BCUT2D eigenvalue weighted by molar-refractivity contribution is 0.356. The van der Waals surface area contributed by atoms with E-state index in [1.807, 2.05) is 30.3 Å². The van der Waals surface area contributed by atoms with Crippen LogP contribution in [0.1, 0.15) is 5.89 Å².